The van der Waals surface area contributed by atoms with Crippen molar-refractivity contribution in [3.63, 3.8) is 0 Å². The Labute approximate surface area is 149 Å². The highest BCUT2D eigenvalue weighted by Crippen LogP contribution is 2.28. The summed E-state index contributed by atoms with van der Waals surface area (Å²) in [6.45, 7) is 1.07. The van der Waals surface area contributed by atoms with Crippen LogP contribution in [0.2, 0.25) is 5.02 Å². The number of rotatable bonds is 4. The number of carbonyl (C=O) groups is 3. The Hall–Kier alpha value is -2.32. The van der Waals surface area contributed by atoms with Gasteiger partial charge >= 0.3 is 6.03 Å². The maximum atomic E-state index is 12.4. The van der Waals surface area contributed by atoms with Crippen LogP contribution in [-0.2, 0) is 9.59 Å². The van der Waals surface area contributed by atoms with Crippen LogP contribution in [0.15, 0.2) is 18.2 Å². The maximum Gasteiger partial charge on any atom is 0.322 e. The molecule has 1 aromatic carbocycles. The highest BCUT2D eigenvalue weighted by molar-refractivity contribution is 6.31. The van der Waals surface area contributed by atoms with Crippen molar-refractivity contribution in [2.45, 2.75) is 18.4 Å². The van der Waals surface area contributed by atoms with E-state index in [1.54, 1.807) is 18.2 Å². The Morgan fingerprint density at radius 3 is 2.92 bits per heavy atom. The number of benzene rings is 1. The first kappa shape index (κ1) is 17.5. The van der Waals surface area contributed by atoms with E-state index in [0.29, 0.717) is 42.4 Å². The molecule has 1 atom stereocenters. The van der Waals surface area contributed by atoms with Crippen LogP contribution in [0.25, 0.3) is 0 Å². The summed E-state index contributed by atoms with van der Waals surface area (Å²) in [5.74, 6) is -0.0724. The summed E-state index contributed by atoms with van der Waals surface area (Å²) in [6, 6.07) is 4.47. The molecule has 0 bridgehead atoms. The Bertz CT molecular complexity index is 726. The molecule has 0 unspecified atom stereocenters. The number of methoxy groups -OCH3 is 1. The molecule has 2 saturated heterocycles. The molecule has 0 aromatic heterocycles. The SMILES string of the molecule is COc1ccc(Cl)cc1NC(=O)CN1CCC[C@@]2(C1)NC(=O)NC2=O. The summed E-state index contributed by atoms with van der Waals surface area (Å²) in [7, 11) is 1.51. The molecule has 0 radical (unpaired) electrons. The van der Waals surface area contributed by atoms with Gasteiger partial charge in [0.2, 0.25) is 5.91 Å². The highest BCUT2D eigenvalue weighted by Gasteiger charge is 2.48. The fraction of sp³-hybridized carbons (Fsp3) is 0.438. The van der Waals surface area contributed by atoms with Gasteiger partial charge in [0.15, 0.2) is 0 Å². The van der Waals surface area contributed by atoms with E-state index in [0.717, 1.165) is 0 Å². The zero-order chi connectivity index (χ0) is 18.0. The van der Waals surface area contributed by atoms with Gasteiger partial charge in [0.1, 0.15) is 11.3 Å². The number of ether oxygens (including phenoxy) is 1. The van der Waals surface area contributed by atoms with E-state index in [1.165, 1.54) is 7.11 Å². The van der Waals surface area contributed by atoms with E-state index in [9.17, 15) is 14.4 Å². The molecule has 3 N–H and O–H groups in total. The van der Waals surface area contributed by atoms with Gasteiger partial charge in [-0.15, -0.1) is 0 Å². The number of hydrogen-bond acceptors (Lipinski definition) is 5. The lowest BCUT2D eigenvalue weighted by molar-refractivity contribution is -0.127. The summed E-state index contributed by atoms with van der Waals surface area (Å²) in [5.41, 5.74) is -0.456. The molecule has 2 aliphatic heterocycles. The molecular weight excluding hydrogens is 348 g/mol. The summed E-state index contributed by atoms with van der Waals surface area (Å²) in [4.78, 5) is 37.7. The molecule has 4 amide bonds. The predicted octanol–water partition coefficient (Wildman–Crippen LogP) is 0.961. The summed E-state index contributed by atoms with van der Waals surface area (Å²) in [5, 5.41) is 8.21. The Balaban J connectivity index is 1.64. The molecule has 2 aliphatic rings. The normalized spacial score (nSPS) is 23.3. The zero-order valence-corrected chi connectivity index (χ0v) is 14.5. The van der Waals surface area contributed by atoms with Crippen molar-refractivity contribution in [1.82, 2.24) is 15.5 Å². The lowest BCUT2D eigenvalue weighted by Crippen LogP contribution is -2.59. The maximum absolute atomic E-state index is 12.4. The van der Waals surface area contributed by atoms with Gasteiger partial charge < -0.3 is 15.4 Å². The Morgan fingerprint density at radius 1 is 1.44 bits per heavy atom. The first-order valence-corrected chi connectivity index (χ1v) is 8.29. The van der Waals surface area contributed by atoms with Crippen LogP contribution >= 0.6 is 11.6 Å². The van der Waals surface area contributed by atoms with Crippen molar-refractivity contribution in [3.05, 3.63) is 23.2 Å². The summed E-state index contributed by atoms with van der Waals surface area (Å²) >= 11 is 5.96. The van der Waals surface area contributed by atoms with Crippen molar-refractivity contribution in [1.29, 1.82) is 0 Å². The lowest BCUT2D eigenvalue weighted by atomic mass is 9.89. The molecule has 1 aromatic rings. The number of hydrogen-bond donors (Lipinski definition) is 3. The average molecular weight is 367 g/mol. The van der Waals surface area contributed by atoms with Gasteiger partial charge in [-0.05, 0) is 37.6 Å². The second-order valence-corrected chi connectivity index (χ2v) is 6.63. The van der Waals surface area contributed by atoms with E-state index >= 15 is 0 Å². The molecule has 1 spiro atoms. The molecular formula is C16H19ClN4O4. The Kier molecular flexibility index (Phi) is 4.82. The predicted molar refractivity (Wildman–Crippen MR) is 91.7 cm³/mol. The number of anilines is 1. The third-order valence-corrected chi connectivity index (χ3v) is 4.62. The third-order valence-electron chi connectivity index (χ3n) is 4.39. The van der Waals surface area contributed by atoms with Crippen LogP contribution in [0.1, 0.15) is 12.8 Å². The second-order valence-electron chi connectivity index (χ2n) is 6.20. The smallest absolute Gasteiger partial charge is 0.322 e. The van der Waals surface area contributed by atoms with Gasteiger partial charge in [-0.1, -0.05) is 11.6 Å². The number of piperidine rings is 1. The van der Waals surface area contributed by atoms with Crippen molar-refractivity contribution < 1.29 is 19.1 Å². The number of nitrogens with zero attached hydrogens (tertiary/aromatic N) is 1. The van der Waals surface area contributed by atoms with Crippen LogP contribution in [0.3, 0.4) is 0 Å². The standard InChI is InChI=1S/C16H19ClN4O4/c1-25-12-4-3-10(17)7-11(12)18-13(22)8-21-6-2-5-16(9-21)14(23)19-15(24)20-16/h3-4,7H,2,5-6,8-9H2,1H3,(H,18,22)(H2,19,20,23,24)/t16-/m0/s1. The topological polar surface area (TPSA) is 99.8 Å². The minimum Gasteiger partial charge on any atom is -0.495 e. The number of halogens is 1. The number of carbonyl (C=O) groups excluding carboxylic acids is 3. The van der Waals surface area contributed by atoms with Gasteiger partial charge in [0, 0.05) is 11.6 Å². The van der Waals surface area contributed by atoms with E-state index in [1.807, 2.05) is 4.90 Å². The molecule has 2 fully saturated rings. The fourth-order valence-electron chi connectivity index (χ4n) is 3.27. The largest absolute Gasteiger partial charge is 0.495 e. The van der Waals surface area contributed by atoms with Gasteiger partial charge in [-0.2, -0.15) is 0 Å². The van der Waals surface area contributed by atoms with Crippen LogP contribution in [0, 0.1) is 0 Å². The first-order chi connectivity index (χ1) is 11.9. The number of urea groups is 1. The first-order valence-electron chi connectivity index (χ1n) is 7.91. The number of likely N-dealkylation sites (tertiary alicyclic amines) is 1. The van der Waals surface area contributed by atoms with Crippen LogP contribution < -0.4 is 20.7 Å². The molecule has 9 heteroatoms. The van der Waals surface area contributed by atoms with Gasteiger partial charge in [-0.25, -0.2) is 4.79 Å². The number of imide groups is 1. The van der Waals surface area contributed by atoms with E-state index in [4.69, 9.17) is 16.3 Å². The minimum absolute atomic E-state index is 0.0978. The zero-order valence-electron chi connectivity index (χ0n) is 13.7. The van der Waals surface area contributed by atoms with E-state index in [2.05, 4.69) is 16.0 Å². The van der Waals surface area contributed by atoms with E-state index in [-0.39, 0.29) is 18.4 Å². The van der Waals surface area contributed by atoms with Crippen LogP contribution in [-0.4, -0.2) is 55.0 Å². The van der Waals surface area contributed by atoms with Gasteiger partial charge in [0.25, 0.3) is 5.91 Å². The highest BCUT2D eigenvalue weighted by atomic mass is 35.5. The van der Waals surface area contributed by atoms with Crippen LogP contribution in [0.5, 0.6) is 5.75 Å². The monoisotopic (exact) mass is 366 g/mol. The average Bonchev–Trinajstić information content (AvgIpc) is 2.80. The van der Waals surface area contributed by atoms with Crippen molar-refractivity contribution in [2.24, 2.45) is 0 Å². The molecule has 0 saturated carbocycles. The molecule has 134 valence electrons. The second kappa shape index (κ2) is 6.89. The molecule has 2 heterocycles. The summed E-state index contributed by atoms with van der Waals surface area (Å²) < 4.78 is 5.21. The van der Waals surface area contributed by atoms with Gasteiger partial charge in [0.05, 0.1) is 19.3 Å². The minimum atomic E-state index is -0.941. The molecule has 3 rings (SSSR count). The number of nitrogens with one attached hydrogen (secondary N) is 3. The fourth-order valence-corrected chi connectivity index (χ4v) is 3.44. The van der Waals surface area contributed by atoms with Crippen molar-refractivity contribution in [2.75, 3.05) is 32.1 Å². The van der Waals surface area contributed by atoms with E-state index < -0.39 is 11.6 Å². The molecule has 0 aliphatic carbocycles. The Morgan fingerprint density at radius 2 is 2.24 bits per heavy atom. The quantitative estimate of drug-likeness (QED) is 0.689. The lowest BCUT2D eigenvalue weighted by Gasteiger charge is -2.37. The summed E-state index contributed by atoms with van der Waals surface area (Å²) in [6.07, 6.45) is 1.27. The van der Waals surface area contributed by atoms with Crippen molar-refractivity contribution >= 4 is 35.1 Å². The third kappa shape index (κ3) is 3.69. The van der Waals surface area contributed by atoms with Crippen LogP contribution in [0.4, 0.5) is 10.5 Å². The number of amides is 4. The van der Waals surface area contributed by atoms with Gasteiger partial charge in [-0.3, -0.25) is 19.8 Å². The molecule has 25 heavy (non-hydrogen) atoms. The van der Waals surface area contributed by atoms with Crippen molar-refractivity contribution in [3.8, 4) is 5.75 Å². The molecule has 8 nitrogen and oxygen atoms in total.